The van der Waals surface area contributed by atoms with Crippen LogP contribution in [0.5, 0.6) is 0 Å². The van der Waals surface area contributed by atoms with Gasteiger partial charge in [-0.1, -0.05) is 17.7 Å². The highest BCUT2D eigenvalue weighted by Gasteiger charge is 2.24. The minimum atomic E-state index is -0.165. The normalized spacial score (nSPS) is 16.5. The van der Waals surface area contributed by atoms with E-state index in [1.807, 2.05) is 29.2 Å². The lowest BCUT2D eigenvalue weighted by Crippen LogP contribution is -2.39. The number of amides is 3. The molecule has 1 saturated heterocycles. The molecule has 3 aromatic rings. The molecule has 1 aliphatic heterocycles. The molecule has 32 heavy (non-hydrogen) atoms. The smallest absolute Gasteiger partial charge is 0.321 e. The molecule has 2 aliphatic rings. The van der Waals surface area contributed by atoms with Gasteiger partial charge in [0.15, 0.2) is 0 Å². The SMILES string of the molecule is O=C(Nc1cccc(Cl)c1)N1CCCN(C(=O)c2ccc3[nH]c4c(c3c2)CCCC4)CC1. The third-order valence-electron chi connectivity index (χ3n) is 6.49. The summed E-state index contributed by atoms with van der Waals surface area (Å²) in [5.41, 5.74) is 5.21. The van der Waals surface area contributed by atoms with Crippen LogP contribution < -0.4 is 5.32 Å². The van der Waals surface area contributed by atoms with Crippen molar-refractivity contribution in [2.75, 3.05) is 31.5 Å². The van der Waals surface area contributed by atoms with Crippen molar-refractivity contribution in [2.24, 2.45) is 0 Å². The average molecular weight is 451 g/mol. The first-order chi connectivity index (χ1) is 15.6. The number of aromatic nitrogens is 1. The van der Waals surface area contributed by atoms with Crippen LogP contribution in [0.4, 0.5) is 10.5 Å². The molecule has 3 amide bonds. The van der Waals surface area contributed by atoms with E-state index < -0.39 is 0 Å². The Morgan fingerprint density at radius 3 is 2.59 bits per heavy atom. The maximum Gasteiger partial charge on any atom is 0.321 e. The molecule has 1 aliphatic carbocycles. The lowest BCUT2D eigenvalue weighted by atomic mass is 9.95. The number of carbonyl (C=O) groups excluding carboxylic acids is 2. The first kappa shape index (κ1) is 20.9. The lowest BCUT2D eigenvalue weighted by Gasteiger charge is -2.22. The van der Waals surface area contributed by atoms with Crippen molar-refractivity contribution in [1.29, 1.82) is 0 Å². The highest BCUT2D eigenvalue weighted by molar-refractivity contribution is 6.30. The third-order valence-corrected chi connectivity index (χ3v) is 6.73. The zero-order valence-electron chi connectivity index (χ0n) is 18.0. The van der Waals surface area contributed by atoms with E-state index in [-0.39, 0.29) is 11.9 Å². The first-order valence-corrected chi connectivity index (χ1v) is 11.7. The Balaban J connectivity index is 1.27. The summed E-state index contributed by atoms with van der Waals surface area (Å²) in [6.07, 6.45) is 5.34. The van der Waals surface area contributed by atoms with Crippen LogP contribution in [-0.2, 0) is 12.8 Å². The van der Waals surface area contributed by atoms with Gasteiger partial charge < -0.3 is 20.1 Å². The summed E-state index contributed by atoms with van der Waals surface area (Å²) in [6, 6.07) is 12.9. The topological polar surface area (TPSA) is 68.4 Å². The molecule has 1 fully saturated rings. The fourth-order valence-electron chi connectivity index (χ4n) is 4.81. The predicted octanol–water partition coefficient (Wildman–Crippen LogP) is 5.08. The van der Waals surface area contributed by atoms with Crippen LogP contribution in [0, 0.1) is 0 Å². The molecule has 0 saturated carbocycles. The molecule has 5 rings (SSSR count). The molecule has 166 valence electrons. The number of rotatable bonds is 2. The molecular formula is C25H27ClN4O2. The number of hydrogen-bond acceptors (Lipinski definition) is 2. The summed E-state index contributed by atoms with van der Waals surface area (Å²) in [6.45, 7) is 2.27. The largest absolute Gasteiger partial charge is 0.358 e. The summed E-state index contributed by atoms with van der Waals surface area (Å²) in [5.74, 6) is 0.0368. The van der Waals surface area contributed by atoms with E-state index in [4.69, 9.17) is 11.6 Å². The van der Waals surface area contributed by atoms with Crippen molar-refractivity contribution in [1.82, 2.24) is 14.8 Å². The number of hydrogen-bond donors (Lipinski definition) is 2. The fourth-order valence-corrected chi connectivity index (χ4v) is 5.00. The molecule has 2 N–H and O–H groups in total. The Kier molecular flexibility index (Phi) is 5.79. The zero-order chi connectivity index (χ0) is 22.1. The second-order valence-corrected chi connectivity index (χ2v) is 9.06. The molecule has 7 heteroatoms. The summed E-state index contributed by atoms with van der Waals surface area (Å²) in [4.78, 5) is 33.1. The average Bonchev–Trinajstić information content (AvgIpc) is 2.98. The number of carbonyl (C=O) groups is 2. The Labute approximate surface area is 192 Å². The van der Waals surface area contributed by atoms with Crippen molar-refractivity contribution in [3.05, 3.63) is 64.3 Å². The second-order valence-electron chi connectivity index (χ2n) is 8.62. The zero-order valence-corrected chi connectivity index (χ0v) is 18.8. The standard InChI is InChI=1S/C25H27ClN4O2/c26-18-5-3-6-19(16-18)27-25(32)30-12-4-11-29(13-14-30)24(31)17-9-10-23-21(15-17)20-7-1-2-8-22(20)28-23/h3,5-6,9-10,15-16,28H,1-2,4,7-8,11-14H2,(H,27,32). The van der Waals surface area contributed by atoms with Gasteiger partial charge in [0.25, 0.3) is 5.91 Å². The van der Waals surface area contributed by atoms with Gasteiger partial charge in [-0.3, -0.25) is 4.79 Å². The molecule has 0 bridgehead atoms. The Morgan fingerprint density at radius 2 is 1.72 bits per heavy atom. The van der Waals surface area contributed by atoms with Crippen LogP contribution in [-0.4, -0.2) is 52.9 Å². The van der Waals surface area contributed by atoms with Crippen molar-refractivity contribution in [3.63, 3.8) is 0 Å². The van der Waals surface area contributed by atoms with Gasteiger partial charge in [-0.05, 0) is 74.1 Å². The molecule has 0 radical (unpaired) electrons. The Hall–Kier alpha value is -2.99. The quantitative estimate of drug-likeness (QED) is 0.571. The molecule has 2 heterocycles. The minimum Gasteiger partial charge on any atom is -0.358 e. The maximum absolute atomic E-state index is 13.3. The number of benzene rings is 2. The van der Waals surface area contributed by atoms with E-state index in [0.29, 0.717) is 36.9 Å². The molecule has 2 aromatic carbocycles. The number of H-pyrrole nitrogens is 1. The van der Waals surface area contributed by atoms with Gasteiger partial charge in [-0.25, -0.2) is 4.79 Å². The van der Waals surface area contributed by atoms with E-state index in [0.717, 1.165) is 30.3 Å². The summed E-state index contributed by atoms with van der Waals surface area (Å²) >= 11 is 6.01. The molecule has 0 atom stereocenters. The number of aromatic amines is 1. The predicted molar refractivity (Wildman–Crippen MR) is 128 cm³/mol. The van der Waals surface area contributed by atoms with Crippen molar-refractivity contribution < 1.29 is 9.59 Å². The number of fused-ring (bicyclic) bond motifs is 3. The van der Waals surface area contributed by atoms with Gasteiger partial charge in [0.1, 0.15) is 0 Å². The molecular weight excluding hydrogens is 424 g/mol. The number of aryl methyl sites for hydroxylation is 2. The van der Waals surface area contributed by atoms with Gasteiger partial charge in [0, 0.05) is 59.0 Å². The maximum atomic E-state index is 13.3. The van der Waals surface area contributed by atoms with Crippen LogP contribution in [0.2, 0.25) is 5.02 Å². The van der Waals surface area contributed by atoms with Crippen LogP contribution in [0.1, 0.15) is 40.9 Å². The van der Waals surface area contributed by atoms with Gasteiger partial charge in [0.05, 0.1) is 0 Å². The fraction of sp³-hybridized carbons (Fsp3) is 0.360. The van der Waals surface area contributed by atoms with Crippen LogP contribution in [0.3, 0.4) is 0 Å². The molecule has 0 spiro atoms. The van der Waals surface area contributed by atoms with E-state index in [1.54, 1.807) is 23.1 Å². The van der Waals surface area contributed by atoms with Gasteiger partial charge >= 0.3 is 6.03 Å². The monoisotopic (exact) mass is 450 g/mol. The van der Waals surface area contributed by atoms with E-state index in [9.17, 15) is 9.59 Å². The number of urea groups is 1. The summed E-state index contributed by atoms with van der Waals surface area (Å²) < 4.78 is 0. The van der Waals surface area contributed by atoms with Gasteiger partial charge in [-0.2, -0.15) is 0 Å². The minimum absolute atomic E-state index is 0.0368. The highest BCUT2D eigenvalue weighted by atomic mass is 35.5. The Bertz CT molecular complexity index is 1170. The van der Waals surface area contributed by atoms with Crippen LogP contribution >= 0.6 is 11.6 Å². The summed E-state index contributed by atoms with van der Waals surface area (Å²) in [7, 11) is 0. The van der Waals surface area contributed by atoms with E-state index >= 15 is 0 Å². The van der Waals surface area contributed by atoms with E-state index in [1.165, 1.54) is 29.5 Å². The highest BCUT2D eigenvalue weighted by Crippen LogP contribution is 2.30. The number of halogens is 1. The van der Waals surface area contributed by atoms with Crippen LogP contribution in [0.15, 0.2) is 42.5 Å². The lowest BCUT2D eigenvalue weighted by molar-refractivity contribution is 0.0763. The molecule has 6 nitrogen and oxygen atoms in total. The van der Waals surface area contributed by atoms with E-state index in [2.05, 4.69) is 10.3 Å². The molecule has 1 aromatic heterocycles. The van der Waals surface area contributed by atoms with Gasteiger partial charge in [0.2, 0.25) is 0 Å². The van der Waals surface area contributed by atoms with Crippen LogP contribution in [0.25, 0.3) is 10.9 Å². The van der Waals surface area contributed by atoms with Crippen molar-refractivity contribution in [3.8, 4) is 0 Å². The first-order valence-electron chi connectivity index (χ1n) is 11.3. The number of nitrogens with zero attached hydrogens (tertiary/aromatic N) is 2. The summed E-state index contributed by atoms with van der Waals surface area (Å²) in [5, 5.41) is 4.66. The van der Waals surface area contributed by atoms with Crippen molar-refractivity contribution >= 4 is 40.1 Å². The molecule has 0 unspecified atom stereocenters. The third kappa shape index (κ3) is 4.19. The Morgan fingerprint density at radius 1 is 0.906 bits per heavy atom. The number of nitrogens with one attached hydrogen (secondary N) is 2. The number of anilines is 1. The second kappa shape index (κ2) is 8.87. The van der Waals surface area contributed by atoms with Gasteiger partial charge in [-0.15, -0.1) is 0 Å². The van der Waals surface area contributed by atoms with Crippen molar-refractivity contribution in [2.45, 2.75) is 32.1 Å².